The number of carbonyl (C=O) groups excluding carboxylic acids is 2. The van der Waals surface area contributed by atoms with Gasteiger partial charge in [-0.15, -0.1) is 0 Å². The molecule has 2 aliphatic rings. The van der Waals surface area contributed by atoms with Gasteiger partial charge in [0.15, 0.2) is 18.7 Å². The van der Waals surface area contributed by atoms with E-state index in [-0.39, 0.29) is 19.4 Å². The number of esters is 2. The predicted molar refractivity (Wildman–Crippen MR) is 256 cm³/mol. The van der Waals surface area contributed by atoms with Gasteiger partial charge in [0.25, 0.3) is 0 Å². The molecule has 11 atom stereocenters. The van der Waals surface area contributed by atoms with E-state index in [9.17, 15) is 45.3 Å². The SMILES string of the molecule is CC/C=C/C/C=C/C/C=C/C/C=C/C/C=C/CCCC(=O)OC[C@@H](CO[C@@H]1O[C@H](CO[C@@H]2O[C@H](CO)[C@H](O)C(O)C2O)[C@H](O)C(O)C1O)OC(=O)CCCCCCCCCCCCCCCC. The van der Waals surface area contributed by atoms with Crippen LogP contribution in [0, 0.1) is 0 Å². The van der Waals surface area contributed by atoms with Crippen molar-refractivity contribution in [2.24, 2.45) is 0 Å². The van der Waals surface area contributed by atoms with E-state index in [4.69, 9.17) is 28.4 Å². The Hall–Kier alpha value is -2.80. The summed E-state index contributed by atoms with van der Waals surface area (Å²) in [4.78, 5) is 25.7. The Kier molecular flexibility index (Phi) is 35.1. The minimum atomic E-state index is -1.77. The lowest BCUT2D eigenvalue weighted by molar-refractivity contribution is -0.332. The molecule has 67 heavy (non-hydrogen) atoms. The Labute approximate surface area is 400 Å². The average Bonchev–Trinajstić information content (AvgIpc) is 3.32. The second-order valence-corrected chi connectivity index (χ2v) is 17.6. The van der Waals surface area contributed by atoms with Crippen molar-refractivity contribution < 1.29 is 73.8 Å². The molecule has 0 aromatic heterocycles. The van der Waals surface area contributed by atoms with Gasteiger partial charge in [-0.1, -0.05) is 158 Å². The van der Waals surface area contributed by atoms with Gasteiger partial charge in [-0.05, 0) is 51.4 Å². The second kappa shape index (κ2) is 39.0. The summed E-state index contributed by atoms with van der Waals surface area (Å²) < 4.78 is 33.5. The molecule has 0 aromatic carbocycles. The van der Waals surface area contributed by atoms with Crippen molar-refractivity contribution in [3.63, 3.8) is 0 Å². The lowest BCUT2D eigenvalue weighted by atomic mass is 9.98. The molecule has 2 heterocycles. The zero-order valence-electron chi connectivity index (χ0n) is 40.6. The summed E-state index contributed by atoms with van der Waals surface area (Å²) in [6.07, 6.45) is 26.8. The maximum Gasteiger partial charge on any atom is 0.306 e. The van der Waals surface area contributed by atoms with Gasteiger partial charge in [0.1, 0.15) is 55.4 Å². The van der Waals surface area contributed by atoms with Crippen LogP contribution < -0.4 is 0 Å². The summed E-state index contributed by atoms with van der Waals surface area (Å²) in [6, 6.07) is 0. The van der Waals surface area contributed by atoms with E-state index in [0.29, 0.717) is 19.3 Å². The van der Waals surface area contributed by atoms with Gasteiger partial charge in [0.05, 0.1) is 19.8 Å². The Balaban J connectivity index is 1.84. The Morgan fingerprint density at radius 2 is 0.940 bits per heavy atom. The summed E-state index contributed by atoms with van der Waals surface area (Å²) >= 11 is 0. The van der Waals surface area contributed by atoms with E-state index in [0.717, 1.165) is 51.4 Å². The van der Waals surface area contributed by atoms with E-state index in [2.05, 4.69) is 62.5 Å². The first-order valence-corrected chi connectivity index (χ1v) is 25.4. The number of aliphatic hydroxyl groups excluding tert-OH is 7. The monoisotopic (exact) mass is 953 g/mol. The fraction of sp³-hybridized carbons (Fsp3) is 0.769. The molecule has 4 unspecified atom stereocenters. The first-order chi connectivity index (χ1) is 32.5. The van der Waals surface area contributed by atoms with E-state index < -0.39 is 99.3 Å². The lowest BCUT2D eigenvalue weighted by Crippen LogP contribution is -2.61. The van der Waals surface area contributed by atoms with Crippen LogP contribution in [0.1, 0.15) is 162 Å². The summed E-state index contributed by atoms with van der Waals surface area (Å²) in [6.45, 7) is 2.41. The maximum atomic E-state index is 13.0. The van der Waals surface area contributed by atoms with Gasteiger partial charge in [0.2, 0.25) is 0 Å². The number of rotatable bonds is 38. The molecule has 15 heteroatoms. The quantitative estimate of drug-likeness (QED) is 0.0190. The van der Waals surface area contributed by atoms with Crippen molar-refractivity contribution in [1.82, 2.24) is 0 Å². The van der Waals surface area contributed by atoms with Crippen LogP contribution in [0.2, 0.25) is 0 Å². The molecular formula is C52H88O15. The molecule has 0 aromatic rings. The molecular weight excluding hydrogens is 865 g/mol. The summed E-state index contributed by atoms with van der Waals surface area (Å²) in [5.74, 6) is -0.994. The van der Waals surface area contributed by atoms with Crippen molar-refractivity contribution in [1.29, 1.82) is 0 Å². The molecule has 7 N–H and O–H groups in total. The summed E-state index contributed by atoms with van der Waals surface area (Å²) in [7, 11) is 0. The van der Waals surface area contributed by atoms with Gasteiger partial charge in [0, 0.05) is 12.8 Å². The topological polar surface area (TPSA) is 231 Å². The van der Waals surface area contributed by atoms with Crippen LogP contribution >= 0.6 is 0 Å². The highest BCUT2D eigenvalue weighted by Crippen LogP contribution is 2.26. The highest BCUT2D eigenvalue weighted by atomic mass is 16.7. The van der Waals surface area contributed by atoms with Crippen molar-refractivity contribution >= 4 is 11.9 Å². The van der Waals surface area contributed by atoms with E-state index >= 15 is 0 Å². The molecule has 2 saturated heterocycles. The van der Waals surface area contributed by atoms with Crippen LogP contribution in [-0.2, 0) is 38.0 Å². The molecule has 0 spiro atoms. The van der Waals surface area contributed by atoms with Crippen molar-refractivity contribution in [3.05, 3.63) is 60.8 Å². The van der Waals surface area contributed by atoms with Crippen molar-refractivity contribution in [3.8, 4) is 0 Å². The first-order valence-electron chi connectivity index (χ1n) is 25.4. The van der Waals surface area contributed by atoms with Crippen LogP contribution in [0.4, 0.5) is 0 Å². The summed E-state index contributed by atoms with van der Waals surface area (Å²) in [5.41, 5.74) is 0. The molecule has 0 radical (unpaired) electrons. The Morgan fingerprint density at radius 1 is 0.493 bits per heavy atom. The minimum Gasteiger partial charge on any atom is -0.462 e. The molecule has 0 saturated carbocycles. The third kappa shape index (κ3) is 27.3. The van der Waals surface area contributed by atoms with E-state index in [1.807, 2.05) is 12.2 Å². The minimum absolute atomic E-state index is 0.138. The fourth-order valence-electron chi connectivity index (χ4n) is 7.60. The number of aliphatic hydroxyl groups is 7. The van der Waals surface area contributed by atoms with Gasteiger partial charge in [-0.2, -0.15) is 0 Å². The molecule has 15 nitrogen and oxygen atoms in total. The van der Waals surface area contributed by atoms with Crippen molar-refractivity contribution in [2.75, 3.05) is 26.4 Å². The predicted octanol–water partition coefficient (Wildman–Crippen LogP) is 6.88. The average molecular weight is 953 g/mol. The number of hydrogen-bond donors (Lipinski definition) is 7. The molecule has 0 bridgehead atoms. The van der Waals surface area contributed by atoms with Gasteiger partial charge in [-0.3, -0.25) is 9.59 Å². The number of ether oxygens (including phenoxy) is 6. The standard InChI is InChI=1S/C52H88O15/c1-3-5-7-9-11-13-15-17-19-20-21-23-24-26-28-30-32-34-43(54)62-37-40(65-44(55)35-33-31-29-27-25-22-18-16-14-12-10-8-6-4-2)38-63-51-50(61)48(59)46(57)42(67-51)39-64-52-49(60)47(58)45(56)41(36-53)66-52/h5,7,11,13,17,19,21,23,26,28,40-42,45-53,56-61H,3-4,6,8-10,12,14-16,18,20,22,24-25,27,29-39H2,1-2H3/b7-5+,13-11+,19-17+,23-21+,28-26+/t40-,41+,42+,45-,46-,47?,48?,49?,50?,51+,52+/m0/s1. The first kappa shape index (κ1) is 60.3. The van der Waals surface area contributed by atoms with Crippen LogP contribution in [0.5, 0.6) is 0 Å². The number of carbonyl (C=O) groups is 2. The number of hydrogen-bond acceptors (Lipinski definition) is 15. The second-order valence-electron chi connectivity index (χ2n) is 17.6. The van der Waals surface area contributed by atoms with E-state index in [1.165, 1.54) is 64.2 Å². The normalized spacial score (nSPS) is 26.5. The highest BCUT2D eigenvalue weighted by Gasteiger charge is 2.47. The van der Waals surface area contributed by atoms with Gasteiger partial charge in [-0.25, -0.2) is 0 Å². The third-order valence-corrected chi connectivity index (χ3v) is 11.8. The van der Waals surface area contributed by atoms with Gasteiger partial charge >= 0.3 is 11.9 Å². The number of allylic oxidation sites excluding steroid dienone is 10. The highest BCUT2D eigenvalue weighted by molar-refractivity contribution is 5.70. The van der Waals surface area contributed by atoms with E-state index in [1.54, 1.807) is 0 Å². The van der Waals surface area contributed by atoms with Crippen LogP contribution in [-0.4, -0.2) is 142 Å². The third-order valence-electron chi connectivity index (χ3n) is 11.8. The maximum absolute atomic E-state index is 13.0. The van der Waals surface area contributed by atoms with Gasteiger partial charge < -0.3 is 64.2 Å². The van der Waals surface area contributed by atoms with Crippen LogP contribution in [0.25, 0.3) is 0 Å². The molecule has 0 amide bonds. The largest absolute Gasteiger partial charge is 0.462 e. The van der Waals surface area contributed by atoms with Crippen LogP contribution in [0.3, 0.4) is 0 Å². The molecule has 386 valence electrons. The zero-order chi connectivity index (χ0) is 48.9. The fourth-order valence-corrected chi connectivity index (χ4v) is 7.60. The zero-order valence-corrected chi connectivity index (χ0v) is 40.6. The molecule has 2 rings (SSSR count). The Bertz CT molecular complexity index is 1400. The smallest absolute Gasteiger partial charge is 0.306 e. The molecule has 0 aliphatic carbocycles. The summed E-state index contributed by atoms with van der Waals surface area (Å²) in [5, 5.41) is 72.0. The number of unbranched alkanes of at least 4 members (excludes halogenated alkanes) is 14. The van der Waals surface area contributed by atoms with Crippen LogP contribution in [0.15, 0.2) is 60.8 Å². The lowest BCUT2D eigenvalue weighted by Gasteiger charge is -2.42. The van der Waals surface area contributed by atoms with Crippen molar-refractivity contribution in [2.45, 2.75) is 229 Å². The molecule has 2 fully saturated rings. The molecule has 2 aliphatic heterocycles. The Morgan fingerprint density at radius 3 is 1.46 bits per heavy atom.